The van der Waals surface area contributed by atoms with Crippen molar-refractivity contribution in [2.45, 2.75) is 45.3 Å². The maximum atomic E-state index is 13.4. The van der Waals surface area contributed by atoms with Gasteiger partial charge in [0, 0.05) is 37.2 Å². The lowest BCUT2D eigenvalue weighted by Gasteiger charge is -2.56. The van der Waals surface area contributed by atoms with Crippen LogP contribution in [0, 0.1) is 18.2 Å². The maximum absolute atomic E-state index is 13.4. The number of ether oxygens (including phenoxy) is 1. The zero-order valence-electron chi connectivity index (χ0n) is 14.2. The molecule has 3 rings (SSSR count). The molecule has 0 radical (unpaired) electrons. The number of carbonyl (C=O) groups excluding carboxylic acids is 1. The van der Waals surface area contributed by atoms with Crippen molar-refractivity contribution in [2.75, 3.05) is 25.0 Å². The lowest BCUT2D eigenvalue weighted by Crippen LogP contribution is -2.63. The molecule has 132 valence electrons. The largest absolute Gasteiger partial charge is 0.392 e. The number of hydrogen-bond donors (Lipinski definition) is 2. The third kappa shape index (κ3) is 3.13. The molecule has 1 spiro atoms. The summed E-state index contributed by atoms with van der Waals surface area (Å²) >= 11 is 0. The van der Waals surface area contributed by atoms with Crippen LogP contribution >= 0.6 is 0 Å². The van der Waals surface area contributed by atoms with E-state index >= 15 is 0 Å². The number of aliphatic hydroxyl groups is 1. The van der Waals surface area contributed by atoms with Crippen molar-refractivity contribution >= 4 is 11.7 Å². The molecule has 2 N–H and O–H groups in total. The maximum Gasteiger partial charge on any atom is 0.321 e. The fraction of sp³-hybridized carbons (Fsp3) is 0.611. The number of hydrogen-bond acceptors (Lipinski definition) is 3. The Kier molecular flexibility index (Phi) is 4.78. The third-order valence-corrected chi connectivity index (χ3v) is 5.39. The molecule has 2 amide bonds. The number of nitrogens with zero attached hydrogens (tertiary/aromatic N) is 1. The van der Waals surface area contributed by atoms with E-state index < -0.39 is 0 Å². The van der Waals surface area contributed by atoms with E-state index in [-0.39, 0.29) is 29.5 Å². The van der Waals surface area contributed by atoms with Gasteiger partial charge >= 0.3 is 6.03 Å². The smallest absolute Gasteiger partial charge is 0.321 e. The lowest BCUT2D eigenvalue weighted by molar-refractivity contribution is -0.207. The third-order valence-electron chi connectivity index (χ3n) is 5.39. The molecule has 1 aromatic carbocycles. The molecule has 2 atom stereocenters. The Morgan fingerprint density at radius 1 is 1.42 bits per heavy atom. The minimum Gasteiger partial charge on any atom is -0.392 e. The minimum absolute atomic E-state index is 0.0913. The van der Waals surface area contributed by atoms with Gasteiger partial charge in [0.1, 0.15) is 5.82 Å². The van der Waals surface area contributed by atoms with E-state index in [1.54, 1.807) is 17.9 Å². The van der Waals surface area contributed by atoms with Gasteiger partial charge in [-0.15, -0.1) is 0 Å². The summed E-state index contributed by atoms with van der Waals surface area (Å²) in [7, 11) is 0. The van der Waals surface area contributed by atoms with Crippen molar-refractivity contribution in [1.29, 1.82) is 0 Å². The molecule has 2 fully saturated rings. The Morgan fingerprint density at radius 2 is 2.12 bits per heavy atom. The molecule has 2 aliphatic rings. The number of aliphatic hydroxyl groups excluding tert-OH is 1. The zero-order chi connectivity index (χ0) is 17.3. The molecule has 2 unspecified atom stereocenters. The molecule has 1 saturated heterocycles. The SMILES string of the molecule is CCOC1CC(O)C12CCN(C(=O)Nc1cc(C)cc(F)c1)CC2. The van der Waals surface area contributed by atoms with Gasteiger partial charge in [0.05, 0.1) is 12.2 Å². The molecule has 24 heavy (non-hydrogen) atoms. The number of benzene rings is 1. The van der Waals surface area contributed by atoms with Gasteiger partial charge in [-0.3, -0.25) is 0 Å². The van der Waals surface area contributed by atoms with Crippen LogP contribution in [0.4, 0.5) is 14.9 Å². The summed E-state index contributed by atoms with van der Waals surface area (Å²) < 4.78 is 19.2. The zero-order valence-corrected chi connectivity index (χ0v) is 14.2. The summed E-state index contributed by atoms with van der Waals surface area (Å²) in [6.07, 6.45) is 1.89. The molecule has 1 heterocycles. The second-order valence-corrected chi connectivity index (χ2v) is 6.86. The van der Waals surface area contributed by atoms with E-state index in [2.05, 4.69) is 5.32 Å². The van der Waals surface area contributed by atoms with Crippen LogP contribution in [0.3, 0.4) is 0 Å². The highest BCUT2D eigenvalue weighted by Gasteiger charge is 2.56. The van der Waals surface area contributed by atoms with Crippen molar-refractivity contribution in [3.05, 3.63) is 29.6 Å². The Labute approximate surface area is 141 Å². The van der Waals surface area contributed by atoms with Gasteiger partial charge in [-0.25, -0.2) is 9.18 Å². The van der Waals surface area contributed by atoms with Gasteiger partial charge in [-0.1, -0.05) is 0 Å². The number of rotatable bonds is 3. The summed E-state index contributed by atoms with van der Waals surface area (Å²) in [6, 6.07) is 4.26. The van der Waals surface area contributed by atoms with Gasteiger partial charge in [-0.2, -0.15) is 0 Å². The average molecular weight is 336 g/mol. The van der Waals surface area contributed by atoms with Crippen molar-refractivity contribution in [3.8, 4) is 0 Å². The number of halogens is 1. The lowest BCUT2D eigenvalue weighted by atomic mass is 9.58. The molecule has 6 heteroatoms. The number of piperidine rings is 1. The molecule has 1 aliphatic carbocycles. The predicted molar refractivity (Wildman–Crippen MR) is 89.4 cm³/mol. The van der Waals surface area contributed by atoms with Gasteiger partial charge in [-0.05, 0) is 50.5 Å². The first-order valence-corrected chi connectivity index (χ1v) is 8.57. The van der Waals surface area contributed by atoms with Gasteiger partial charge < -0.3 is 20.1 Å². The Hall–Kier alpha value is -1.66. The highest BCUT2D eigenvalue weighted by Crippen LogP contribution is 2.50. The summed E-state index contributed by atoms with van der Waals surface area (Å²) in [5, 5.41) is 13.0. The van der Waals surface area contributed by atoms with Crippen LogP contribution < -0.4 is 5.32 Å². The predicted octanol–water partition coefficient (Wildman–Crippen LogP) is 2.92. The van der Waals surface area contributed by atoms with E-state index in [0.717, 1.165) is 18.4 Å². The quantitative estimate of drug-likeness (QED) is 0.892. The number of urea groups is 1. The number of anilines is 1. The molecular formula is C18H25FN2O3. The summed E-state index contributed by atoms with van der Waals surface area (Å²) in [5.74, 6) is -0.361. The average Bonchev–Trinajstić information content (AvgIpc) is 2.54. The standard InChI is InChI=1S/C18H25FN2O3/c1-3-24-16-11-15(22)18(16)4-6-21(7-5-18)17(23)20-14-9-12(2)8-13(19)10-14/h8-10,15-16,22H,3-7,11H2,1-2H3,(H,20,23). The van der Waals surface area contributed by atoms with Crippen LogP contribution in [0.25, 0.3) is 0 Å². The van der Waals surface area contributed by atoms with E-state index in [0.29, 0.717) is 31.8 Å². The number of aryl methyl sites for hydroxylation is 1. The van der Waals surface area contributed by atoms with Crippen molar-refractivity contribution in [2.24, 2.45) is 5.41 Å². The van der Waals surface area contributed by atoms with E-state index in [9.17, 15) is 14.3 Å². The number of likely N-dealkylation sites (tertiary alicyclic amines) is 1. The van der Waals surface area contributed by atoms with Crippen LogP contribution in [0.15, 0.2) is 18.2 Å². The first kappa shape index (κ1) is 17.2. The Bertz CT molecular complexity index is 592. The normalized spacial score (nSPS) is 25.4. The Morgan fingerprint density at radius 3 is 2.71 bits per heavy atom. The molecule has 0 aromatic heterocycles. The molecule has 5 nitrogen and oxygen atoms in total. The van der Waals surface area contributed by atoms with Crippen LogP contribution in [-0.2, 0) is 4.74 Å². The topological polar surface area (TPSA) is 61.8 Å². The molecule has 1 aromatic rings. The summed E-state index contributed by atoms with van der Waals surface area (Å²) in [5.41, 5.74) is 1.02. The second kappa shape index (κ2) is 6.69. The van der Waals surface area contributed by atoms with Crippen LogP contribution in [0.2, 0.25) is 0 Å². The minimum atomic E-state index is -0.361. The van der Waals surface area contributed by atoms with Crippen molar-refractivity contribution < 1.29 is 19.0 Å². The second-order valence-electron chi connectivity index (χ2n) is 6.86. The number of nitrogens with one attached hydrogen (secondary N) is 1. The highest BCUT2D eigenvalue weighted by atomic mass is 19.1. The van der Waals surface area contributed by atoms with E-state index in [1.165, 1.54) is 12.1 Å². The number of carbonyl (C=O) groups is 1. The van der Waals surface area contributed by atoms with Crippen molar-refractivity contribution in [1.82, 2.24) is 4.90 Å². The van der Waals surface area contributed by atoms with Gasteiger partial charge in [0.2, 0.25) is 0 Å². The van der Waals surface area contributed by atoms with E-state index in [1.807, 2.05) is 6.92 Å². The van der Waals surface area contributed by atoms with Crippen molar-refractivity contribution in [3.63, 3.8) is 0 Å². The molecule has 1 saturated carbocycles. The van der Waals surface area contributed by atoms with Crippen LogP contribution in [0.1, 0.15) is 31.7 Å². The molecule has 0 bridgehead atoms. The van der Waals surface area contributed by atoms with Crippen LogP contribution in [-0.4, -0.2) is 47.9 Å². The monoisotopic (exact) mass is 336 g/mol. The highest BCUT2D eigenvalue weighted by molar-refractivity contribution is 5.89. The van der Waals surface area contributed by atoms with Gasteiger partial charge in [0.25, 0.3) is 0 Å². The molecule has 1 aliphatic heterocycles. The fourth-order valence-corrected chi connectivity index (χ4v) is 3.95. The van der Waals surface area contributed by atoms with Gasteiger partial charge in [0.15, 0.2) is 0 Å². The summed E-state index contributed by atoms with van der Waals surface area (Å²) in [4.78, 5) is 14.1. The fourth-order valence-electron chi connectivity index (χ4n) is 3.95. The number of amides is 2. The summed E-state index contributed by atoms with van der Waals surface area (Å²) in [6.45, 7) is 5.53. The molecular weight excluding hydrogens is 311 g/mol. The first-order valence-electron chi connectivity index (χ1n) is 8.57. The first-order chi connectivity index (χ1) is 11.4. The van der Waals surface area contributed by atoms with E-state index in [4.69, 9.17) is 4.74 Å². The Balaban J connectivity index is 1.59. The van der Waals surface area contributed by atoms with Crippen LogP contribution in [0.5, 0.6) is 0 Å².